The van der Waals surface area contributed by atoms with Gasteiger partial charge in [-0.25, -0.2) is 14.4 Å². The van der Waals surface area contributed by atoms with E-state index >= 15 is 0 Å². The predicted octanol–water partition coefficient (Wildman–Crippen LogP) is 4.19. The molecule has 1 aliphatic heterocycles. The number of nitrogens with zero attached hydrogens (tertiary/aromatic N) is 5. The molecule has 3 atom stereocenters. The topological polar surface area (TPSA) is 119 Å². The highest BCUT2D eigenvalue weighted by atomic mass is 35.5. The van der Waals surface area contributed by atoms with E-state index in [0.29, 0.717) is 10.9 Å². The second-order valence-electron chi connectivity index (χ2n) is 10.7. The first-order chi connectivity index (χ1) is 20.2. The number of methoxy groups -OCH3 is 1. The zero-order chi connectivity index (χ0) is 29.5. The SMILES string of the molecule is COc1ncc(-c2ccc3c(c2)c(C(C)=O)nn3CC(=O)N2[C@@H]3CC[C@@H](C3)[C@H]2C(=O)NCc2cccc(Cl)c2F)cn1. The standard InChI is InChI=1S/C30H28ClFN6O4/c1-16(39)27-22-11-17(20-13-34-30(42-2)35-14-20)7-9-24(22)37(36-27)15-25(40)38-21-8-6-18(10-21)28(38)29(41)33-12-19-4-3-5-23(31)26(19)32/h3-5,7,9,11,13-14,18,21,28H,6,8,10,12,15H2,1-2H3,(H,33,41)/t18-,21+,28-/m0/s1. The number of hydrogen-bond acceptors (Lipinski definition) is 7. The molecule has 1 saturated heterocycles. The van der Waals surface area contributed by atoms with Crippen molar-refractivity contribution in [3.05, 3.63) is 70.9 Å². The van der Waals surface area contributed by atoms with Crippen molar-refractivity contribution in [3.8, 4) is 17.1 Å². The van der Waals surface area contributed by atoms with Gasteiger partial charge in [0.25, 0.3) is 0 Å². The fourth-order valence-electron chi connectivity index (χ4n) is 6.18. The van der Waals surface area contributed by atoms with Crippen molar-refractivity contribution in [2.45, 2.75) is 51.4 Å². The third kappa shape index (κ3) is 4.98. The molecule has 42 heavy (non-hydrogen) atoms. The van der Waals surface area contributed by atoms with Crippen LogP contribution in [0.1, 0.15) is 42.2 Å². The van der Waals surface area contributed by atoms with Crippen molar-refractivity contribution in [3.63, 3.8) is 0 Å². The van der Waals surface area contributed by atoms with Gasteiger partial charge in [-0.15, -0.1) is 0 Å². The van der Waals surface area contributed by atoms with Gasteiger partial charge in [-0.1, -0.05) is 29.8 Å². The first-order valence-corrected chi connectivity index (χ1v) is 14.0. The minimum atomic E-state index is -0.658. The van der Waals surface area contributed by atoms with Crippen molar-refractivity contribution in [1.82, 2.24) is 30.0 Å². The number of aromatic nitrogens is 4. The highest BCUT2D eigenvalue weighted by Crippen LogP contribution is 2.43. The van der Waals surface area contributed by atoms with E-state index in [-0.39, 0.29) is 64.9 Å². The van der Waals surface area contributed by atoms with Gasteiger partial charge in [-0.05, 0) is 48.9 Å². The number of likely N-dealkylation sites (tertiary alicyclic amines) is 1. The lowest BCUT2D eigenvalue weighted by atomic mass is 9.97. The van der Waals surface area contributed by atoms with Crippen LogP contribution in [0.25, 0.3) is 22.0 Å². The fourth-order valence-corrected chi connectivity index (χ4v) is 6.37. The van der Waals surface area contributed by atoms with Gasteiger partial charge in [0.05, 0.1) is 17.6 Å². The van der Waals surface area contributed by atoms with Crippen LogP contribution in [0.3, 0.4) is 0 Å². The van der Waals surface area contributed by atoms with Crippen LogP contribution in [0, 0.1) is 11.7 Å². The van der Waals surface area contributed by atoms with Crippen molar-refractivity contribution in [2.24, 2.45) is 5.92 Å². The Kier molecular flexibility index (Phi) is 7.36. The van der Waals surface area contributed by atoms with Gasteiger partial charge in [0.1, 0.15) is 24.1 Å². The van der Waals surface area contributed by atoms with Crippen molar-refractivity contribution in [2.75, 3.05) is 7.11 Å². The van der Waals surface area contributed by atoms with E-state index in [1.807, 2.05) is 18.2 Å². The van der Waals surface area contributed by atoms with Gasteiger partial charge in [-0.3, -0.25) is 19.1 Å². The minimum absolute atomic E-state index is 0.0145. The molecule has 2 amide bonds. The Hall–Kier alpha value is -4.38. The second-order valence-corrected chi connectivity index (χ2v) is 11.1. The Morgan fingerprint density at radius 2 is 1.90 bits per heavy atom. The molecule has 12 heteroatoms. The highest BCUT2D eigenvalue weighted by molar-refractivity contribution is 6.30. The predicted molar refractivity (Wildman–Crippen MR) is 152 cm³/mol. The summed E-state index contributed by atoms with van der Waals surface area (Å²) in [6.07, 6.45) is 5.65. The summed E-state index contributed by atoms with van der Waals surface area (Å²) < 4.78 is 20.9. The summed E-state index contributed by atoms with van der Waals surface area (Å²) in [6, 6.07) is 9.65. The van der Waals surface area contributed by atoms with E-state index in [4.69, 9.17) is 16.3 Å². The number of hydrogen-bond donors (Lipinski definition) is 1. The highest BCUT2D eigenvalue weighted by Gasteiger charge is 2.51. The summed E-state index contributed by atoms with van der Waals surface area (Å²) >= 11 is 5.88. The average molecular weight is 591 g/mol. The molecule has 216 valence electrons. The number of piperidine rings is 1. The summed E-state index contributed by atoms with van der Waals surface area (Å²) in [5, 5.41) is 7.89. The van der Waals surface area contributed by atoms with Gasteiger partial charge >= 0.3 is 6.01 Å². The lowest BCUT2D eigenvalue weighted by molar-refractivity contribution is -0.143. The third-order valence-corrected chi connectivity index (χ3v) is 8.43. The molecule has 1 aliphatic carbocycles. The molecular weight excluding hydrogens is 563 g/mol. The van der Waals surface area contributed by atoms with E-state index in [1.165, 1.54) is 24.8 Å². The average Bonchev–Trinajstić information content (AvgIpc) is 3.71. The van der Waals surface area contributed by atoms with Crippen LogP contribution in [0.15, 0.2) is 48.8 Å². The zero-order valence-electron chi connectivity index (χ0n) is 23.0. The lowest BCUT2D eigenvalue weighted by Crippen LogP contribution is -2.53. The summed E-state index contributed by atoms with van der Waals surface area (Å²) in [5.74, 6) is -1.37. The largest absolute Gasteiger partial charge is 0.467 e. The van der Waals surface area contributed by atoms with Crippen LogP contribution < -0.4 is 10.1 Å². The smallest absolute Gasteiger partial charge is 0.316 e. The number of ketones is 1. The first kappa shape index (κ1) is 27.8. The van der Waals surface area contributed by atoms with Gasteiger partial charge in [0, 0.05) is 48.4 Å². The Bertz CT molecular complexity index is 1710. The number of halogens is 2. The first-order valence-electron chi connectivity index (χ1n) is 13.6. The maximum atomic E-state index is 14.4. The summed E-state index contributed by atoms with van der Waals surface area (Å²) in [6.45, 7) is 1.26. The quantitative estimate of drug-likeness (QED) is 0.306. The van der Waals surface area contributed by atoms with E-state index in [9.17, 15) is 18.8 Å². The van der Waals surface area contributed by atoms with Crippen LogP contribution in [0.5, 0.6) is 6.01 Å². The van der Waals surface area contributed by atoms with Crippen molar-refractivity contribution in [1.29, 1.82) is 0 Å². The van der Waals surface area contributed by atoms with Crippen LogP contribution in [0.2, 0.25) is 5.02 Å². The number of amides is 2. The molecule has 2 aromatic heterocycles. The summed E-state index contributed by atoms with van der Waals surface area (Å²) in [5.41, 5.74) is 2.65. The Balaban J connectivity index is 1.24. The normalized spacial score (nSPS) is 19.3. The summed E-state index contributed by atoms with van der Waals surface area (Å²) in [4.78, 5) is 49.6. The number of nitrogens with one attached hydrogen (secondary N) is 1. The molecule has 1 saturated carbocycles. The lowest BCUT2D eigenvalue weighted by Gasteiger charge is -2.34. The monoisotopic (exact) mass is 590 g/mol. The van der Waals surface area contributed by atoms with Crippen LogP contribution in [-0.2, 0) is 22.7 Å². The third-order valence-electron chi connectivity index (χ3n) is 8.14. The van der Waals surface area contributed by atoms with E-state index in [1.54, 1.807) is 29.4 Å². The molecule has 2 bridgehead atoms. The Morgan fingerprint density at radius 1 is 1.12 bits per heavy atom. The summed E-state index contributed by atoms with van der Waals surface area (Å²) in [7, 11) is 1.49. The molecule has 2 aromatic carbocycles. The van der Waals surface area contributed by atoms with Crippen LogP contribution in [-0.4, -0.2) is 61.4 Å². The number of carbonyl (C=O) groups is 3. The maximum Gasteiger partial charge on any atom is 0.316 e. The van der Waals surface area contributed by atoms with Gasteiger partial charge in [0.2, 0.25) is 11.8 Å². The number of benzene rings is 2. The number of carbonyl (C=O) groups excluding carboxylic acids is 3. The minimum Gasteiger partial charge on any atom is -0.467 e. The van der Waals surface area contributed by atoms with Gasteiger partial charge in [-0.2, -0.15) is 5.10 Å². The number of ether oxygens (including phenoxy) is 1. The number of fused-ring (bicyclic) bond motifs is 3. The van der Waals surface area contributed by atoms with Gasteiger partial charge < -0.3 is 15.0 Å². The molecule has 0 radical (unpaired) electrons. The maximum absolute atomic E-state index is 14.4. The Morgan fingerprint density at radius 3 is 2.64 bits per heavy atom. The molecule has 2 fully saturated rings. The molecule has 2 aliphatic rings. The molecule has 4 aromatic rings. The number of Topliss-reactive ketones (excluding diaryl/α,β-unsaturated/α-hetero) is 1. The van der Waals surface area contributed by atoms with Crippen molar-refractivity contribution >= 4 is 40.1 Å². The van der Waals surface area contributed by atoms with Crippen LogP contribution >= 0.6 is 11.6 Å². The molecule has 1 N–H and O–H groups in total. The van der Waals surface area contributed by atoms with E-state index < -0.39 is 11.9 Å². The van der Waals surface area contributed by atoms with Gasteiger partial charge in [0.15, 0.2) is 5.78 Å². The molecule has 0 spiro atoms. The van der Waals surface area contributed by atoms with E-state index in [2.05, 4.69) is 20.4 Å². The molecule has 3 heterocycles. The fraction of sp³-hybridized carbons (Fsp3) is 0.333. The van der Waals surface area contributed by atoms with Crippen LogP contribution in [0.4, 0.5) is 4.39 Å². The molecule has 6 rings (SSSR count). The zero-order valence-corrected chi connectivity index (χ0v) is 23.8. The molecular formula is C30H28ClFN6O4. The Labute approximate surface area is 245 Å². The van der Waals surface area contributed by atoms with Crippen molar-refractivity contribution < 1.29 is 23.5 Å². The molecule has 0 unspecified atom stereocenters. The van der Waals surface area contributed by atoms with E-state index in [0.717, 1.165) is 30.4 Å². The second kappa shape index (κ2) is 11.1. The number of rotatable bonds is 8. The molecule has 10 nitrogen and oxygen atoms in total.